The maximum absolute atomic E-state index is 12.9. The van der Waals surface area contributed by atoms with Crippen molar-refractivity contribution >= 4 is 0 Å². The van der Waals surface area contributed by atoms with Crippen molar-refractivity contribution in [3.8, 4) is 5.75 Å². The molecule has 0 heterocycles. The second-order valence-electron chi connectivity index (χ2n) is 3.89. The maximum Gasteiger partial charge on any atom is 0.124 e. The molecule has 3 nitrogen and oxygen atoms in total. The molecule has 2 aromatic carbocycles. The Labute approximate surface area is 105 Å². The quantitative estimate of drug-likeness (QED) is 0.643. The molecule has 0 spiro atoms. The average molecular weight is 246 g/mol. The number of hydrogen-bond donors (Lipinski definition) is 2. The minimum atomic E-state index is -0.269. The highest BCUT2D eigenvalue weighted by Gasteiger charge is 2.16. The van der Waals surface area contributed by atoms with Crippen molar-refractivity contribution in [2.24, 2.45) is 5.84 Å². The van der Waals surface area contributed by atoms with Gasteiger partial charge >= 0.3 is 0 Å². The molecule has 18 heavy (non-hydrogen) atoms. The first-order valence-electron chi connectivity index (χ1n) is 5.60. The van der Waals surface area contributed by atoms with E-state index in [-0.39, 0.29) is 11.9 Å². The van der Waals surface area contributed by atoms with Gasteiger partial charge < -0.3 is 4.74 Å². The number of halogens is 1. The summed E-state index contributed by atoms with van der Waals surface area (Å²) in [6.07, 6.45) is 0. The summed E-state index contributed by atoms with van der Waals surface area (Å²) in [5.74, 6) is 6.07. The summed E-state index contributed by atoms with van der Waals surface area (Å²) in [4.78, 5) is 0. The lowest BCUT2D eigenvalue weighted by atomic mass is 9.98. The van der Waals surface area contributed by atoms with Gasteiger partial charge in [0.2, 0.25) is 0 Å². The number of para-hydroxylation sites is 1. The number of nitrogens with two attached hydrogens (primary N) is 1. The van der Waals surface area contributed by atoms with Gasteiger partial charge in [0.25, 0.3) is 0 Å². The Hall–Kier alpha value is -1.91. The van der Waals surface area contributed by atoms with Gasteiger partial charge in [0, 0.05) is 5.56 Å². The minimum absolute atomic E-state index is 0.234. The zero-order valence-electron chi connectivity index (χ0n) is 10.1. The average Bonchev–Trinajstić information content (AvgIpc) is 2.42. The van der Waals surface area contributed by atoms with Gasteiger partial charge in [-0.2, -0.15) is 0 Å². The lowest BCUT2D eigenvalue weighted by Crippen LogP contribution is -2.29. The number of benzene rings is 2. The third-order valence-corrected chi connectivity index (χ3v) is 2.82. The van der Waals surface area contributed by atoms with Crippen LogP contribution in [0.1, 0.15) is 17.2 Å². The zero-order chi connectivity index (χ0) is 13.0. The SMILES string of the molecule is COc1ccccc1C(NN)c1ccc(F)cc1. The smallest absolute Gasteiger partial charge is 0.124 e. The Kier molecular flexibility index (Phi) is 3.92. The van der Waals surface area contributed by atoms with Crippen molar-refractivity contribution in [1.29, 1.82) is 0 Å². The minimum Gasteiger partial charge on any atom is -0.496 e. The molecule has 0 saturated heterocycles. The monoisotopic (exact) mass is 246 g/mol. The fraction of sp³-hybridized carbons (Fsp3) is 0.143. The first kappa shape index (κ1) is 12.5. The molecule has 1 atom stereocenters. The van der Waals surface area contributed by atoms with Crippen LogP contribution in [0.25, 0.3) is 0 Å². The summed E-state index contributed by atoms with van der Waals surface area (Å²) in [5.41, 5.74) is 4.52. The number of hydrogen-bond acceptors (Lipinski definition) is 3. The van der Waals surface area contributed by atoms with E-state index in [1.54, 1.807) is 19.2 Å². The molecule has 0 aliphatic carbocycles. The first-order valence-corrected chi connectivity index (χ1v) is 5.60. The number of rotatable bonds is 4. The highest BCUT2D eigenvalue weighted by atomic mass is 19.1. The van der Waals surface area contributed by atoms with Crippen LogP contribution in [0.4, 0.5) is 4.39 Å². The van der Waals surface area contributed by atoms with Gasteiger partial charge in [-0.15, -0.1) is 0 Å². The molecule has 1 unspecified atom stereocenters. The van der Waals surface area contributed by atoms with Crippen LogP contribution in [0.5, 0.6) is 5.75 Å². The Bertz CT molecular complexity index is 513. The number of hydrazine groups is 1. The van der Waals surface area contributed by atoms with E-state index in [4.69, 9.17) is 10.6 Å². The summed E-state index contributed by atoms with van der Waals surface area (Å²) in [6.45, 7) is 0. The van der Waals surface area contributed by atoms with Crippen molar-refractivity contribution < 1.29 is 9.13 Å². The van der Waals surface area contributed by atoms with Crippen LogP contribution >= 0.6 is 0 Å². The number of nitrogens with one attached hydrogen (secondary N) is 1. The van der Waals surface area contributed by atoms with Gasteiger partial charge in [-0.1, -0.05) is 30.3 Å². The van der Waals surface area contributed by atoms with Gasteiger partial charge in [0.15, 0.2) is 0 Å². The lowest BCUT2D eigenvalue weighted by molar-refractivity contribution is 0.404. The van der Waals surface area contributed by atoms with Crippen molar-refractivity contribution in [3.63, 3.8) is 0 Å². The molecular formula is C14H15FN2O. The number of ether oxygens (including phenoxy) is 1. The molecular weight excluding hydrogens is 231 g/mol. The van der Waals surface area contributed by atoms with Gasteiger partial charge in [0.05, 0.1) is 13.2 Å². The molecule has 0 aliphatic rings. The predicted octanol–water partition coefficient (Wildman–Crippen LogP) is 2.39. The first-order chi connectivity index (χ1) is 8.76. The summed E-state index contributed by atoms with van der Waals surface area (Å²) in [7, 11) is 1.61. The Morgan fingerprint density at radius 1 is 1.11 bits per heavy atom. The van der Waals surface area contributed by atoms with Gasteiger partial charge in [0.1, 0.15) is 11.6 Å². The normalized spacial score (nSPS) is 12.2. The molecule has 0 bridgehead atoms. The van der Waals surface area contributed by atoms with Crippen molar-refractivity contribution in [1.82, 2.24) is 5.43 Å². The molecule has 94 valence electrons. The van der Waals surface area contributed by atoms with Crippen molar-refractivity contribution in [2.45, 2.75) is 6.04 Å². The maximum atomic E-state index is 12.9. The summed E-state index contributed by atoms with van der Waals surface area (Å²) < 4.78 is 18.2. The summed E-state index contributed by atoms with van der Waals surface area (Å²) in [5, 5.41) is 0. The molecule has 2 aromatic rings. The highest BCUT2D eigenvalue weighted by Crippen LogP contribution is 2.29. The van der Waals surface area contributed by atoms with Crippen molar-refractivity contribution in [3.05, 3.63) is 65.5 Å². The van der Waals surface area contributed by atoms with E-state index in [2.05, 4.69) is 5.43 Å². The van der Waals surface area contributed by atoms with Crippen LogP contribution in [-0.4, -0.2) is 7.11 Å². The van der Waals surface area contributed by atoms with Crippen LogP contribution in [-0.2, 0) is 0 Å². The Balaban J connectivity index is 2.41. The Morgan fingerprint density at radius 3 is 2.39 bits per heavy atom. The predicted molar refractivity (Wildman–Crippen MR) is 68.6 cm³/mol. The van der Waals surface area contributed by atoms with E-state index >= 15 is 0 Å². The topological polar surface area (TPSA) is 47.3 Å². The van der Waals surface area contributed by atoms with Crippen LogP contribution < -0.4 is 16.0 Å². The molecule has 4 heteroatoms. The third-order valence-electron chi connectivity index (χ3n) is 2.82. The molecule has 0 aliphatic heterocycles. The third kappa shape index (κ3) is 2.50. The lowest BCUT2D eigenvalue weighted by Gasteiger charge is -2.19. The zero-order valence-corrected chi connectivity index (χ0v) is 10.1. The Morgan fingerprint density at radius 2 is 1.78 bits per heavy atom. The summed E-state index contributed by atoms with van der Waals surface area (Å²) >= 11 is 0. The van der Waals surface area contributed by atoms with Crippen LogP contribution in [0.2, 0.25) is 0 Å². The molecule has 0 amide bonds. The van der Waals surface area contributed by atoms with Crippen LogP contribution in [0.3, 0.4) is 0 Å². The second kappa shape index (κ2) is 5.62. The molecule has 3 N–H and O–H groups in total. The molecule has 0 radical (unpaired) electrons. The molecule has 0 saturated carbocycles. The van der Waals surface area contributed by atoms with Gasteiger partial charge in [-0.05, 0) is 23.8 Å². The van der Waals surface area contributed by atoms with E-state index < -0.39 is 0 Å². The van der Waals surface area contributed by atoms with Gasteiger partial charge in [-0.3, -0.25) is 5.84 Å². The van der Waals surface area contributed by atoms with Crippen molar-refractivity contribution in [2.75, 3.05) is 7.11 Å². The van der Waals surface area contributed by atoms with E-state index in [1.807, 2.05) is 24.3 Å². The van der Waals surface area contributed by atoms with Crippen LogP contribution in [0.15, 0.2) is 48.5 Å². The second-order valence-corrected chi connectivity index (χ2v) is 3.89. The van der Waals surface area contributed by atoms with E-state index in [0.29, 0.717) is 0 Å². The highest BCUT2D eigenvalue weighted by molar-refractivity contribution is 5.41. The van der Waals surface area contributed by atoms with Gasteiger partial charge in [-0.25, -0.2) is 9.82 Å². The molecule has 0 aromatic heterocycles. The molecule has 0 fully saturated rings. The fourth-order valence-corrected chi connectivity index (χ4v) is 1.93. The molecule has 2 rings (SSSR count). The van der Waals surface area contributed by atoms with E-state index in [9.17, 15) is 4.39 Å². The fourth-order valence-electron chi connectivity index (χ4n) is 1.93. The van der Waals surface area contributed by atoms with E-state index in [0.717, 1.165) is 16.9 Å². The number of methoxy groups -OCH3 is 1. The summed E-state index contributed by atoms with van der Waals surface area (Å²) in [6, 6.07) is 13.6. The largest absolute Gasteiger partial charge is 0.496 e. The van der Waals surface area contributed by atoms with Crippen LogP contribution in [0, 0.1) is 5.82 Å². The van der Waals surface area contributed by atoms with E-state index in [1.165, 1.54) is 12.1 Å². The standard InChI is InChI=1S/C14H15FN2O/c1-18-13-5-3-2-4-12(13)14(17-16)10-6-8-11(15)9-7-10/h2-9,14,17H,16H2,1H3.